The summed E-state index contributed by atoms with van der Waals surface area (Å²) in [7, 11) is 0. The normalized spacial score (nSPS) is 28.0. The highest BCUT2D eigenvalue weighted by atomic mass is 32.2. The van der Waals surface area contributed by atoms with Gasteiger partial charge in [-0.25, -0.2) is 0 Å². The van der Waals surface area contributed by atoms with Crippen molar-refractivity contribution in [3.63, 3.8) is 0 Å². The van der Waals surface area contributed by atoms with Crippen LogP contribution in [0.3, 0.4) is 0 Å². The van der Waals surface area contributed by atoms with Gasteiger partial charge in [-0.05, 0) is 31.1 Å². The Morgan fingerprint density at radius 2 is 2.05 bits per heavy atom. The van der Waals surface area contributed by atoms with Crippen LogP contribution in [0, 0.1) is 22.0 Å². The molecule has 2 N–H and O–H groups in total. The van der Waals surface area contributed by atoms with Crippen LogP contribution < -0.4 is 10.6 Å². The van der Waals surface area contributed by atoms with Crippen molar-refractivity contribution in [1.29, 1.82) is 0 Å². The van der Waals surface area contributed by atoms with Gasteiger partial charge in [-0.3, -0.25) is 9.59 Å². The maximum Gasteiger partial charge on any atom is 0.294 e. The van der Waals surface area contributed by atoms with Gasteiger partial charge in [-0.2, -0.15) is 0 Å². The van der Waals surface area contributed by atoms with E-state index in [1.807, 2.05) is 0 Å². The lowest BCUT2D eigenvalue weighted by Crippen LogP contribution is -2.43. The summed E-state index contributed by atoms with van der Waals surface area (Å²) in [4.78, 5) is 37.4. The van der Waals surface area contributed by atoms with Crippen molar-refractivity contribution in [3.8, 4) is 0 Å². The first-order chi connectivity index (χ1) is 10.5. The molecule has 2 fully saturated rings. The second kappa shape index (κ2) is 8.21. The molecule has 0 aromatic carbocycles. The summed E-state index contributed by atoms with van der Waals surface area (Å²) in [5, 5.41) is 14.8. The molecule has 0 aromatic heterocycles. The first-order valence-corrected chi connectivity index (χ1v) is 8.51. The summed E-state index contributed by atoms with van der Waals surface area (Å²) < 4.78 is 0. The molecule has 0 bridgehead atoms. The van der Waals surface area contributed by atoms with Gasteiger partial charge >= 0.3 is 0 Å². The fourth-order valence-electron chi connectivity index (χ4n) is 2.90. The minimum atomic E-state index is -0.734. The Bertz CT molecular complexity index is 426. The SMILES string of the molecule is O=C1N[C@H](C(=O)NCCC2CCC(CO[N+](=O)[O-])CC2)CS1. The van der Waals surface area contributed by atoms with Gasteiger partial charge in [-0.1, -0.05) is 24.6 Å². The van der Waals surface area contributed by atoms with E-state index in [0.717, 1.165) is 43.9 Å². The number of hydrogen-bond acceptors (Lipinski definition) is 6. The van der Waals surface area contributed by atoms with Gasteiger partial charge in [0.1, 0.15) is 6.04 Å². The Hall–Kier alpha value is -1.51. The van der Waals surface area contributed by atoms with Crippen LogP contribution in [0.5, 0.6) is 0 Å². The zero-order valence-electron chi connectivity index (χ0n) is 12.3. The molecule has 1 atom stereocenters. The number of nitrogens with zero attached hydrogens (tertiary/aromatic N) is 1. The summed E-state index contributed by atoms with van der Waals surface area (Å²) in [6.45, 7) is 0.798. The van der Waals surface area contributed by atoms with Crippen molar-refractivity contribution < 1.29 is 19.5 Å². The van der Waals surface area contributed by atoms with Crippen molar-refractivity contribution in [3.05, 3.63) is 10.1 Å². The standard InChI is InChI=1S/C13H21N3O5S/c17-12(11-8-22-13(18)15-11)14-6-5-9-1-3-10(4-2-9)7-21-16(19)20/h9-11H,1-8H2,(H,14,17)(H,15,18)/t9?,10?,11-/m0/s1. The Morgan fingerprint density at radius 3 is 2.64 bits per heavy atom. The zero-order valence-corrected chi connectivity index (χ0v) is 13.1. The lowest BCUT2D eigenvalue weighted by atomic mass is 9.81. The quantitative estimate of drug-likeness (QED) is 0.538. The smallest absolute Gasteiger partial charge is 0.294 e. The third kappa shape index (κ3) is 5.36. The minimum absolute atomic E-state index is 0.119. The van der Waals surface area contributed by atoms with Crippen LogP contribution in [0.2, 0.25) is 0 Å². The van der Waals surface area contributed by atoms with E-state index in [1.165, 1.54) is 0 Å². The number of hydrogen-bond donors (Lipinski definition) is 2. The minimum Gasteiger partial charge on any atom is -0.354 e. The van der Waals surface area contributed by atoms with Gasteiger partial charge in [0.2, 0.25) is 5.91 Å². The maximum absolute atomic E-state index is 11.8. The van der Waals surface area contributed by atoms with E-state index < -0.39 is 11.1 Å². The topological polar surface area (TPSA) is 111 Å². The number of carbonyl (C=O) groups excluding carboxylic acids is 2. The van der Waals surface area contributed by atoms with Crippen LogP contribution in [0.25, 0.3) is 0 Å². The summed E-state index contributed by atoms with van der Waals surface area (Å²) in [5.41, 5.74) is 0. The number of nitrogens with one attached hydrogen (secondary N) is 2. The van der Waals surface area contributed by atoms with Gasteiger partial charge in [0.15, 0.2) is 0 Å². The number of rotatable bonds is 7. The first-order valence-electron chi connectivity index (χ1n) is 7.53. The van der Waals surface area contributed by atoms with E-state index in [9.17, 15) is 19.7 Å². The van der Waals surface area contributed by atoms with E-state index in [1.54, 1.807) is 0 Å². The molecular weight excluding hydrogens is 310 g/mol. The van der Waals surface area contributed by atoms with Crippen molar-refractivity contribution in [2.75, 3.05) is 18.9 Å². The molecular formula is C13H21N3O5S. The molecule has 0 radical (unpaired) electrons. The van der Waals surface area contributed by atoms with Crippen LogP contribution in [0.1, 0.15) is 32.1 Å². The predicted molar refractivity (Wildman–Crippen MR) is 80.8 cm³/mol. The third-order valence-corrected chi connectivity index (χ3v) is 5.10. The van der Waals surface area contributed by atoms with Crippen LogP contribution in [0.15, 0.2) is 0 Å². The fraction of sp³-hybridized carbons (Fsp3) is 0.846. The Morgan fingerprint density at radius 1 is 1.36 bits per heavy atom. The van der Waals surface area contributed by atoms with Crippen molar-refractivity contribution in [2.24, 2.45) is 11.8 Å². The molecule has 1 aliphatic carbocycles. The van der Waals surface area contributed by atoms with Crippen LogP contribution >= 0.6 is 11.8 Å². The van der Waals surface area contributed by atoms with Gasteiger partial charge in [0.25, 0.3) is 10.3 Å². The third-order valence-electron chi connectivity index (χ3n) is 4.22. The Balaban J connectivity index is 1.56. The average molecular weight is 331 g/mol. The van der Waals surface area contributed by atoms with Gasteiger partial charge in [0, 0.05) is 12.3 Å². The van der Waals surface area contributed by atoms with E-state index in [0.29, 0.717) is 18.2 Å². The zero-order chi connectivity index (χ0) is 15.9. The molecule has 22 heavy (non-hydrogen) atoms. The molecule has 1 aliphatic heterocycles. The van der Waals surface area contributed by atoms with Crippen molar-refractivity contribution >= 4 is 22.9 Å². The van der Waals surface area contributed by atoms with Crippen molar-refractivity contribution in [1.82, 2.24) is 10.6 Å². The molecule has 2 aliphatic rings. The van der Waals surface area contributed by atoms with E-state index in [-0.39, 0.29) is 23.7 Å². The molecule has 124 valence electrons. The molecule has 0 aromatic rings. The summed E-state index contributed by atoms with van der Waals surface area (Å²) in [6.07, 6.45) is 4.79. The summed E-state index contributed by atoms with van der Waals surface area (Å²) in [6, 6.07) is -0.410. The molecule has 1 heterocycles. The highest BCUT2D eigenvalue weighted by Gasteiger charge is 2.28. The maximum atomic E-state index is 11.8. The average Bonchev–Trinajstić information content (AvgIpc) is 2.93. The highest BCUT2D eigenvalue weighted by molar-refractivity contribution is 8.14. The van der Waals surface area contributed by atoms with Crippen LogP contribution in [0.4, 0.5) is 4.79 Å². The number of amides is 2. The second-order valence-electron chi connectivity index (χ2n) is 5.78. The monoisotopic (exact) mass is 331 g/mol. The molecule has 1 saturated heterocycles. The molecule has 2 amide bonds. The lowest BCUT2D eigenvalue weighted by Gasteiger charge is -2.27. The Labute approximate surface area is 132 Å². The van der Waals surface area contributed by atoms with E-state index in [4.69, 9.17) is 0 Å². The molecule has 2 rings (SSSR count). The van der Waals surface area contributed by atoms with E-state index >= 15 is 0 Å². The van der Waals surface area contributed by atoms with Crippen LogP contribution in [-0.4, -0.2) is 41.2 Å². The summed E-state index contributed by atoms with van der Waals surface area (Å²) >= 11 is 1.13. The Kier molecular flexibility index (Phi) is 6.29. The molecule has 9 heteroatoms. The van der Waals surface area contributed by atoms with Gasteiger partial charge in [-0.15, -0.1) is 10.1 Å². The molecule has 0 unspecified atom stereocenters. The van der Waals surface area contributed by atoms with Gasteiger partial charge in [0.05, 0.1) is 6.61 Å². The highest BCUT2D eigenvalue weighted by Crippen LogP contribution is 2.30. The number of thioether (sulfide) groups is 1. The van der Waals surface area contributed by atoms with Crippen LogP contribution in [-0.2, 0) is 9.63 Å². The first kappa shape index (κ1) is 16.9. The number of carbonyl (C=O) groups is 2. The predicted octanol–water partition coefficient (Wildman–Crippen LogP) is 1.33. The second-order valence-corrected chi connectivity index (χ2v) is 6.77. The van der Waals surface area contributed by atoms with E-state index in [2.05, 4.69) is 15.5 Å². The molecule has 8 nitrogen and oxygen atoms in total. The fourth-order valence-corrected chi connectivity index (χ4v) is 3.68. The lowest BCUT2D eigenvalue weighted by molar-refractivity contribution is -0.759. The largest absolute Gasteiger partial charge is 0.354 e. The molecule has 0 spiro atoms. The van der Waals surface area contributed by atoms with Gasteiger partial charge < -0.3 is 15.5 Å². The molecule has 1 saturated carbocycles. The summed E-state index contributed by atoms with van der Waals surface area (Å²) in [5.74, 6) is 1.18. The van der Waals surface area contributed by atoms with Crippen molar-refractivity contribution in [2.45, 2.75) is 38.1 Å².